The maximum absolute atomic E-state index is 12.0. The minimum atomic E-state index is -0.287. The third-order valence-electron chi connectivity index (χ3n) is 3.04. The number of halogens is 1. The molecule has 0 spiro atoms. The first kappa shape index (κ1) is 12.3. The first-order chi connectivity index (χ1) is 9.15. The molecule has 0 radical (unpaired) electrons. The minimum Gasteiger partial charge on any atom is -0.300 e. The molecular weight excluding hydrogens is 310 g/mol. The standard InChI is InChI=1S/C12H12BrN5O/c1-18-10(7-2-3-7)16-17-12(18)15-11(19)9-5-4-8(13)6-14-9/h4-7H,2-3H2,1H3,(H,15,17,19). The van der Waals surface area contributed by atoms with Gasteiger partial charge in [0.05, 0.1) is 0 Å². The van der Waals surface area contributed by atoms with Crippen LogP contribution < -0.4 is 5.32 Å². The molecule has 3 rings (SSSR count). The molecule has 0 atom stereocenters. The zero-order valence-corrected chi connectivity index (χ0v) is 11.9. The van der Waals surface area contributed by atoms with Crippen LogP contribution in [0.3, 0.4) is 0 Å². The zero-order chi connectivity index (χ0) is 13.4. The quantitative estimate of drug-likeness (QED) is 0.939. The van der Waals surface area contributed by atoms with Gasteiger partial charge < -0.3 is 0 Å². The number of carbonyl (C=O) groups excluding carboxylic acids is 1. The summed E-state index contributed by atoms with van der Waals surface area (Å²) in [7, 11) is 1.86. The Balaban J connectivity index is 1.77. The van der Waals surface area contributed by atoms with E-state index < -0.39 is 0 Å². The van der Waals surface area contributed by atoms with E-state index in [1.54, 1.807) is 18.3 Å². The Kier molecular flexibility index (Phi) is 3.06. The van der Waals surface area contributed by atoms with Crippen molar-refractivity contribution in [2.45, 2.75) is 18.8 Å². The van der Waals surface area contributed by atoms with Crippen LogP contribution in [0.2, 0.25) is 0 Å². The molecule has 0 aromatic carbocycles. The number of carbonyl (C=O) groups is 1. The van der Waals surface area contributed by atoms with Gasteiger partial charge in [0.25, 0.3) is 5.91 Å². The highest BCUT2D eigenvalue weighted by molar-refractivity contribution is 9.10. The van der Waals surface area contributed by atoms with Crippen LogP contribution in [0.25, 0.3) is 0 Å². The second kappa shape index (κ2) is 4.73. The Morgan fingerprint density at radius 1 is 1.42 bits per heavy atom. The molecule has 2 heterocycles. The van der Waals surface area contributed by atoms with Gasteiger partial charge in [-0.15, -0.1) is 10.2 Å². The molecule has 1 amide bonds. The van der Waals surface area contributed by atoms with Crippen LogP contribution >= 0.6 is 15.9 Å². The van der Waals surface area contributed by atoms with Gasteiger partial charge in [0.15, 0.2) is 0 Å². The Labute approximate surface area is 118 Å². The van der Waals surface area contributed by atoms with Crippen LogP contribution in [0.4, 0.5) is 5.95 Å². The van der Waals surface area contributed by atoms with E-state index in [4.69, 9.17) is 0 Å². The maximum atomic E-state index is 12.0. The lowest BCUT2D eigenvalue weighted by atomic mass is 10.3. The number of aromatic nitrogens is 4. The molecule has 1 fully saturated rings. The monoisotopic (exact) mass is 321 g/mol. The van der Waals surface area contributed by atoms with Gasteiger partial charge in [-0.25, -0.2) is 4.98 Å². The van der Waals surface area contributed by atoms with Gasteiger partial charge in [-0.2, -0.15) is 0 Å². The lowest BCUT2D eigenvalue weighted by molar-refractivity contribution is 0.102. The summed E-state index contributed by atoms with van der Waals surface area (Å²) in [5.74, 6) is 1.59. The molecule has 1 aliphatic rings. The van der Waals surface area contributed by atoms with Crippen molar-refractivity contribution in [2.24, 2.45) is 7.05 Å². The number of nitrogens with zero attached hydrogens (tertiary/aromatic N) is 4. The molecule has 19 heavy (non-hydrogen) atoms. The van der Waals surface area contributed by atoms with Crippen molar-refractivity contribution in [3.63, 3.8) is 0 Å². The summed E-state index contributed by atoms with van der Waals surface area (Å²) in [5.41, 5.74) is 0.346. The second-order valence-corrected chi connectivity index (χ2v) is 5.45. The van der Waals surface area contributed by atoms with Crippen molar-refractivity contribution in [3.05, 3.63) is 34.3 Å². The van der Waals surface area contributed by atoms with E-state index in [1.165, 1.54) is 0 Å². The van der Waals surface area contributed by atoms with Crippen molar-refractivity contribution in [2.75, 3.05) is 5.32 Å². The summed E-state index contributed by atoms with van der Waals surface area (Å²) in [6.07, 6.45) is 3.88. The fourth-order valence-electron chi connectivity index (χ4n) is 1.82. The second-order valence-electron chi connectivity index (χ2n) is 4.53. The normalized spacial score (nSPS) is 14.4. The number of anilines is 1. The van der Waals surface area contributed by atoms with Crippen LogP contribution in [0.5, 0.6) is 0 Å². The summed E-state index contributed by atoms with van der Waals surface area (Å²) in [6, 6.07) is 3.42. The molecule has 0 bridgehead atoms. The highest BCUT2D eigenvalue weighted by Crippen LogP contribution is 2.39. The number of hydrogen-bond donors (Lipinski definition) is 1. The summed E-state index contributed by atoms with van der Waals surface area (Å²) >= 11 is 3.28. The molecule has 7 heteroatoms. The molecule has 0 saturated heterocycles. The van der Waals surface area contributed by atoms with Crippen molar-refractivity contribution in [1.29, 1.82) is 0 Å². The van der Waals surface area contributed by atoms with E-state index in [0.29, 0.717) is 17.6 Å². The van der Waals surface area contributed by atoms with E-state index >= 15 is 0 Å². The molecule has 2 aromatic heterocycles. The number of amides is 1. The molecule has 1 saturated carbocycles. The van der Waals surface area contributed by atoms with E-state index in [0.717, 1.165) is 23.1 Å². The van der Waals surface area contributed by atoms with Crippen LogP contribution in [-0.4, -0.2) is 25.7 Å². The van der Waals surface area contributed by atoms with Gasteiger partial charge in [0.2, 0.25) is 5.95 Å². The lowest BCUT2D eigenvalue weighted by Gasteiger charge is -2.04. The van der Waals surface area contributed by atoms with Gasteiger partial charge in [-0.05, 0) is 40.9 Å². The largest absolute Gasteiger partial charge is 0.300 e. The fraction of sp³-hybridized carbons (Fsp3) is 0.333. The number of rotatable bonds is 3. The first-order valence-electron chi connectivity index (χ1n) is 5.97. The van der Waals surface area contributed by atoms with Crippen molar-refractivity contribution in [3.8, 4) is 0 Å². The van der Waals surface area contributed by atoms with E-state index in [9.17, 15) is 4.79 Å². The Bertz CT molecular complexity index is 618. The SMILES string of the molecule is Cn1c(NC(=O)c2ccc(Br)cn2)nnc1C1CC1. The van der Waals surface area contributed by atoms with Crippen molar-refractivity contribution < 1.29 is 4.79 Å². The van der Waals surface area contributed by atoms with Gasteiger partial charge in [-0.3, -0.25) is 14.7 Å². The van der Waals surface area contributed by atoms with E-state index in [1.807, 2.05) is 11.6 Å². The van der Waals surface area contributed by atoms with Crippen LogP contribution in [0.15, 0.2) is 22.8 Å². The minimum absolute atomic E-state index is 0.287. The molecule has 1 aliphatic carbocycles. The molecule has 6 nitrogen and oxygen atoms in total. The lowest BCUT2D eigenvalue weighted by Crippen LogP contribution is -2.16. The van der Waals surface area contributed by atoms with Crippen LogP contribution in [-0.2, 0) is 7.05 Å². The maximum Gasteiger partial charge on any atom is 0.276 e. The third kappa shape index (κ3) is 2.51. The summed E-state index contributed by atoms with van der Waals surface area (Å²) in [4.78, 5) is 16.0. The van der Waals surface area contributed by atoms with Crippen molar-refractivity contribution >= 4 is 27.8 Å². The zero-order valence-electron chi connectivity index (χ0n) is 10.3. The predicted molar refractivity (Wildman–Crippen MR) is 72.9 cm³/mol. The number of hydrogen-bond acceptors (Lipinski definition) is 4. The molecular formula is C12H12BrN5O. The van der Waals surface area contributed by atoms with Crippen LogP contribution in [0.1, 0.15) is 35.1 Å². The topological polar surface area (TPSA) is 72.7 Å². The third-order valence-corrected chi connectivity index (χ3v) is 3.51. The average molecular weight is 322 g/mol. The smallest absolute Gasteiger partial charge is 0.276 e. The number of pyridine rings is 1. The van der Waals surface area contributed by atoms with Crippen molar-refractivity contribution in [1.82, 2.24) is 19.7 Å². The molecule has 2 aromatic rings. The fourth-order valence-corrected chi connectivity index (χ4v) is 2.06. The molecule has 0 unspecified atom stereocenters. The summed E-state index contributed by atoms with van der Waals surface area (Å²) < 4.78 is 2.66. The number of nitrogens with one attached hydrogen (secondary N) is 1. The molecule has 1 N–H and O–H groups in total. The molecule has 98 valence electrons. The molecule has 0 aliphatic heterocycles. The predicted octanol–water partition coefficient (Wildman–Crippen LogP) is 2.10. The van der Waals surface area contributed by atoms with Gasteiger partial charge in [0.1, 0.15) is 11.5 Å². The Hall–Kier alpha value is -1.76. The Morgan fingerprint density at radius 3 is 2.84 bits per heavy atom. The van der Waals surface area contributed by atoms with Crippen LogP contribution in [0, 0.1) is 0 Å². The summed E-state index contributed by atoms with van der Waals surface area (Å²) in [5, 5.41) is 10.8. The highest BCUT2D eigenvalue weighted by atomic mass is 79.9. The first-order valence-corrected chi connectivity index (χ1v) is 6.76. The Morgan fingerprint density at radius 2 is 2.21 bits per heavy atom. The average Bonchev–Trinajstić information content (AvgIpc) is 3.17. The van der Waals surface area contributed by atoms with E-state index in [2.05, 4.69) is 36.4 Å². The van der Waals surface area contributed by atoms with Gasteiger partial charge >= 0.3 is 0 Å². The highest BCUT2D eigenvalue weighted by Gasteiger charge is 2.29. The van der Waals surface area contributed by atoms with Gasteiger partial charge in [-0.1, -0.05) is 0 Å². The van der Waals surface area contributed by atoms with E-state index in [-0.39, 0.29) is 5.91 Å². The summed E-state index contributed by atoms with van der Waals surface area (Å²) in [6.45, 7) is 0. The van der Waals surface area contributed by atoms with Gasteiger partial charge in [0, 0.05) is 23.6 Å².